The summed E-state index contributed by atoms with van der Waals surface area (Å²) in [6.07, 6.45) is -0.432. The maximum atomic E-state index is 13.9. The van der Waals surface area contributed by atoms with Crippen molar-refractivity contribution in [1.82, 2.24) is 4.31 Å². The summed E-state index contributed by atoms with van der Waals surface area (Å²) < 4.78 is 95.4. The van der Waals surface area contributed by atoms with Crippen molar-refractivity contribution < 1.29 is 30.0 Å². The van der Waals surface area contributed by atoms with Gasteiger partial charge in [0.15, 0.2) is 0 Å². The van der Waals surface area contributed by atoms with E-state index in [-0.39, 0.29) is 27.2 Å². The molecule has 0 radical (unpaired) electrons. The van der Waals surface area contributed by atoms with Gasteiger partial charge in [-0.25, -0.2) is 21.1 Å². The maximum absolute atomic E-state index is 13.9. The van der Waals surface area contributed by atoms with Gasteiger partial charge in [-0.15, -0.1) is 0 Å². The van der Waals surface area contributed by atoms with Gasteiger partial charge in [-0.1, -0.05) is 25.3 Å². The van der Waals surface area contributed by atoms with Gasteiger partial charge >= 0.3 is 6.18 Å². The molecule has 7 nitrogen and oxygen atoms in total. The number of hydrogen-bond donors (Lipinski definition) is 1. The summed E-state index contributed by atoms with van der Waals surface area (Å²) in [6.45, 7) is 0. The van der Waals surface area contributed by atoms with Crippen molar-refractivity contribution in [3.63, 3.8) is 0 Å². The Bertz CT molecular complexity index is 1220. The number of sulfonamides is 2. The number of halogens is 3. The van der Waals surface area contributed by atoms with Crippen LogP contribution in [-0.2, 0) is 26.2 Å². The number of nitrogens with one attached hydrogen (secondary N) is 1. The van der Waals surface area contributed by atoms with Crippen LogP contribution in [0.15, 0.2) is 52.3 Å². The van der Waals surface area contributed by atoms with Gasteiger partial charge < -0.3 is 4.90 Å². The SMILES string of the molecule is CN(c1c(NS(=O)(=O)c2ccc(S(=O)(=O)N(C)C)cc2)cccc1C(F)(F)F)C1CCCCC1. The molecule has 0 unspecified atom stereocenters. The fourth-order valence-electron chi connectivity index (χ4n) is 4.09. The van der Waals surface area contributed by atoms with Gasteiger partial charge in [0.2, 0.25) is 10.0 Å². The van der Waals surface area contributed by atoms with E-state index >= 15 is 0 Å². The zero-order chi connectivity index (χ0) is 25.3. The molecule has 2 aromatic rings. The Kier molecular flexibility index (Phi) is 7.54. The van der Waals surface area contributed by atoms with E-state index in [0.29, 0.717) is 0 Å². The third kappa shape index (κ3) is 5.49. The lowest BCUT2D eigenvalue weighted by Crippen LogP contribution is -2.35. The summed E-state index contributed by atoms with van der Waals surface area (Å²) in [5.74, 6) is 0. The van der Waals surface area contributed by atoms with Crippen molar-refractivity contribution in [2.24, 2.45) is 0 Å². The molecule has 1 N–H and O–H groups in total. The van der Waals surface area contributed by atoms with E-state index in [2.05, 4.69) is 4.72 Å². The summed E-state index contributed by atoms with van der Waals surface area (Å²) in [6, 6.07) is 7.76. The van der Waals surface area contributed by atoms with E-state index in [1.165, 1.54) is 25.1 Å². The number of alkyl halides is 3. The third-order valence-corrected chi connectivity index (χ3v) is 9.18. The Hall–Kier alpha value is -2.31. The second-order valence-corrected chi connectivity index (χ2v) is 12.3. The Balaban J connectivity index is 2.01. The first-order valence-corrected chi connectivity index (χ1v) is 13.7. The van der Waals surface area contributed by atoms with Crippen molar-refractivity contribution in [3.8, 4) is 0 Å². The molecule has 0 saturated heterocycles. The Morgan fingerprint density at radius 1 is 0.853 bits per heavy atom. The molecule has 0 bridgehead atoms. The Morgan fingerprint density at radius 2 is 1.41 bits per heavy atom. The van der Waals surface area contributed by atoms with Crippen LogP contribution in [0.1, 0.15) is 37.7 Å². The average Bonchev–Trinajstić information content (AvgIpc) is 2.78. The predicted molar refractivity (Wildman–Crippen MR) is 125 cm³/mol. The van der Waals surface area contributed by atoms with Crippen LogP contribution in [0.5, 0.6) is 0 Å². The molecule has 3 rings (SSSR count). The van der Waals surface area contributed by atoms with Crippen molar-refractivity contribution in [2.45, 2.75) is 54.1 Å². The van der Waals surface area contributed by atoms with Crippen LogP contribution in [0.4, 0.5) is 24.5 Å². The average molecular weight is 520 g/mol. The van der Waals surface area contributed by atoms with Crippen molar-refractivity contribution in [1.29, 1.82) is 0 Å². The Labute approximate surface area is 198 Å². The van der Waals surface area contributed by atoms with E-state index in [1.54, 1.807) is 7.05 Å². The fourth-order valence-corrected chi connectivity index (χ4v) is 6.06. The molecule has 1 saturated carbocycles. The van der Waals surface area contributed by atoms with Crippen LogP contribution < -0.4 is 9.62 Å². The minimum absolute atomic E-state index is 0.103. The van der Waals surface area contributed by atoms with Crippen molar-refractivity contribution in [2.75, 3.05) is 30.8 Å². The van der Waals surface area contributed by atoms with E-state index < -0.39 is 31.8 Å². The molecule has 0 aliphatic heterocycles. The highest BCUT2D eigenvalue weighted by Crippen LogP contribution is 2.43. The number of nitrogens with zero attached hydrogens (tertiary/aromatic N) is 2. The molecule has 34 heavy (non-hydrogen) atoms. The topological polar surface area (TPSA) is 86.8 Å². The highest BCUT2D eigenvalue weighted by Gasteiger charge is 2.37. The lowest BCUT2D eigenvalue weighted by atomic mass is 9.93. The van der Waals surface area contributed by atoms with Crippen LogP contribution in [0.3, 0.4) is 0 Å². The van der Waals surface area contributed by atoms with E-state index in [0.717, 1.165) is 72.8 Å². The molecule has 0 amide bonds. The third-order valence-electron chi connectivity index (χ3n) is 5.97. The number of para-hydroxylation sites is 1. The molecule has 1 aliphatic rings. The number of hydrogen-bond acceptors (Lipinski definition) is 5. The molecular formula is C22H28F3N3O4S2. The van der Waals surface area contributed by atoms with Gasteiger partial charge in [0.25, 0.3) is 10.0 Å². The largest absolute Gasteiger partial charge is 0.418 e. The summed E-state index contributed by atoms with van der Waals surface area (Å²) in [5, 5.41) is 0. The van der Waals surface area contributed by atoms with E-state index in [1.807, 2.05) is 0 Å². The first-order chi connectivity index (χ1) is 15.7. The first kappa shape index (κ1) is 26.3. The van der Waals surface area contributed by atoms with Crippen molar-refractivity contribution >= 4 is 31.4 Å². The second-order valence-electron chi connectivity index (χ2n) is 8.47. The summed E-state index contributed by atoms with van der Waals surface area (Å²) >= 11 is 0. The van der Waals surface area contributed by atoms with Gasteiger partial charge in [-0.2, -0.15) is 13.2 Å². The van der Waals surface area contributed by atoms with Gasteiger partial charge in [0.05, 0.1) is 26.7 Å². The van der Waals surface area contributed by atoms with Crippen LogP contribution in [-0.4, -0.2) is 48.3 Å². The summed E-state index contributed by atoms with van der Waals surface area (Å²) in [5.41, 5.74) is -1.33. The van der Waals surface area contributed by atoms with Crippen LogP contribution in [0, 0.1) is 0 Å². The van der Waals surface area contributed by atoms with E-state index in [4.69, 9.17) is 0 Å². The second kappa shape index (κ2) is 9.74. The zero-order valence-corrected chi connectivity index (χ0v) is 20.8. The highest BCUT2D eigenvalue weighted by molar-refractivity contribution is 7.92. The fraction of sp³-hybridized carbons (Fsp3) is 0.455. The monoisotopic (exact) mass is 519 g/mol. The zero-order valence-electron chi connectivity index (χ0n) is 19.1. The first-order valence-electron chi connectivity index (χ1n) is 10.7. The predicted octanol–water partition coefficient (Wildman–Crippen LogP) is 4.53. The van der Waals surface area contributed by atoms with Gasteiger partial charge in [-0.05, 0) is 49.2 Å². The van der Waals surface area contributed by atoms with Gasteiger partial charge in [0.1, 0.15) is 0 Å². The van der Waals surface area contributed by atoms with Gasteiger partial charge in [-0.3, -0.25) is 4.72 Å². The maximum Gasteiger partial charge on any atom is 0.418 e. The number of anilines is 2. The molecule has 0 spiro atoms. The minimum atomic E-state index is -4.68. The molecule has 188 valence electrons. The quantitative estimate of drug-likeness (QED) is 0.581. The van der Waals surface area contributed by atoms with Gasteiger partial charge in [0, 0.05) is 27.2 Å². The smallest absolute Gasteiger partial charge is 0.369 e. The molecule has 12 heteroatoms. The Morgan fingerprint density at radius 3 is 1.94 bits per heavy atom. The normalized spacial score (nSPS) is 16.0. The minimum Gasteiger partial charge on any atom is -0.369 e. The molecule has 1 fully saturated rings. The molecular weight excluding hydrogens is 491 g/mol. The lowest BCUT2D eigenvalue weighted by Gasteiger charge is -2.35. The van der Waals surface area contributed by atoms with Crippen LogP contribution in [0.2, 0.25) is 0 Å². The molecule has 2 aromatic carbocycles. The number of benzene rings is 2. The lowest BCUT2D eigenvalue weighted by molar-refractivity contribution is -0.137. The van der Waals surface area contributed by atoms with Crippen LogP contribution in [0.25, 0.3) is 0 Å². The highest BCUT2D eigenvalue weighted by atomic mass is 32.2. The standard InChI is InChI=1S/C22H28F3N3O4S2/c1-27(2)34(31,32)18-14-12-17(13-15-18)33(29,30)26-20-11-7-10-19(22(23,24)25)21(20)28(3)16-8-5-4-6-9-16/h7,10-16,26H,4-6,8-9H2,1-3H3. The summed E-state index contributed by atoms with van der Waals surface area (Å²) in [4.78, 5) is 1.15. The molecule has 0 aromatic heterocycles. The molecule has 1 aliphatic carbocycles. The summed E-state index contributed by atoms with van der Waals surface area (Å²) in [7, 11) is -3.81. The van der Waals surface area contributed by atoms with Crippen molar-refractivity contribution in [3.05, 3.63) is 48.0 Å². The molecule has 0 atom stereocenters. The van der Waals surface area contributed by atoms with Crippen LogP contribution >= 0.6 is 0 Å². The van der Waals surface area contributed by atoms with E-state index in [9.17, 15) is 30.0 Å². The number of rotatable bonds is 7. The molecule has 0 heterocycles.